The summed E-state index contributed by atoms with van der Waals surface area (Å²) in [5.74, 6) is 0.844. The van der Waals surface area contributed by atoms with Crippen molar-refractivity contribution in [2.24, 2.45) is 5.92 Å². The minimum atomic E-state index is 0.728. The van der Waals surface area contributed by atoms with Crippen LogP contribution in [0.15, 0.2) is 11.7 Å². The first-order valence-corrected chi connectivity index (χ1v) is 6.35. The lowest BCUT2D eigenvalue weighted by Crippen LogP contribution is -2.36. The highest BCUT2D eigenvalue weighted by atomic mass is 32.1. The molecular formula is C11H18N2S. The van der Waals surface area contributed by atoms with E-state index in [2.05, 4.69) is 17.2 Å². The van der Waals surface area contributed by atoms with E-state index in [1.807, 2.05) is 11.7 Å². The summed E-state index contributed by atoms with van der Waals surface area (Å²) in [6.07, 6.45) is 7.51. The maximum absolute atomic E-state index is 4.08. The molecule has 2 rings (SSSR count). The fourth-order valence-electron chi connectivity index (χ4n) is 2.18. The fourth-order valence-corrected chi connectivity index (χ4v) is 2.73. The van der Waals surface area contributed by atoms with Crippen LogP contribution in [0.5, 0.6) is 0 Å². The first-order valence-electron chi connectivity index (χ1n) is 5.47. The lowest BCUT2D eigenvalue weighted by atomic mass is 9.86. The van der Waals surface area contributed by atoms with E-state index in [0.717, 1.165) is 18.5 Å². The highest BCUT2D eigenvalue weighted by Crippen LogP contribution is 2.24. The van der Waals surface area contributed by atoms with Crippen molar-refractivity contribution < 1.29 is 0 Å². The van der Waals surface area contributed by atoms with Gasteiger partial charge in [-0.3, -0.25) is 4.98 Å². The number of thiazole rings is 1. The summed E-state index contributed by atoms with van der Waals surface area (Å²) in [5.41, 5.74) is 1.90. The third-order valence-electron chi connectivity index (χ3n) is 3.13. The van der Waals surface area contributed by atoms with Gasteiger partial charge in [0.05, 0.1) is 5.51 Å². The third kappa shape index (κ3) is 2.55. The smallest absolute Gasteiger partial charge is 0.0794 e. The molecule has 0 spiro atoms. The van der Waals surface area contributed by atoms with Crippen molar-refractivity contribution >= 4 is 11.3 Å². The van der Waals surface area contributed by atoms with Gasteiger partial charge in [0, 0.05) is 23.7 Å². The molecule has 1 aromatic rings. The highest BCUT2D eigenvalue weighted by Gasteiger charge is 2.20. The van der Waals surface area contributed by atoms with Gasteiger partial charge in [0.15, 0.2) is 0 Å². The predicted octanol–water partition coefficient (Wildman–Crippen LogP) is 2.81. The first kappa shape index (κ1) is 10.1. The Balaban J connectivity index is 1.79. The molecule has 0 aromatic carbocycles. The minimum Gasteiger partial charge on any atom is -0.309 e. The maximum Gasteiger partial charge on any atom is 0.0794 e. The summed E-state index contributed by atoms with van der Waals surface area (Å²) in [7, 11) is 0. The molecule has 1 N–H and O–H groups in total. The first-order chi connectivity index (χ1) is 6.86. The summed E-state index contributed by atoms with van der Waals surface area (Å²) < 4.78 is 0. The Labute approximate surface area is 89.8 Å². The SMILES string of the molecule is C[C@H]1CCCC[C@H]1NCc1cncs1. The molecule has 1 fully saturated rings. The van der Waals surface area contributed by atoms with Crippen molar-refractivity contribution in [3.05, 3.63) is 16.6 Å². The zero-order valence-electron chi connectivity index (χ0n) is 8.70. The molecule has 2 nitrogen and oxygen atoms in total. The molecule has 1 aliphatic carbocycles. The second-order valence-corrected chi connectivity index (χ2v) is 5.19. The van der Waals surface area contributed by atoms with E-state index >= 15 is 0 Å². The van der Waals surface area contributed by atoms with Gasteiger partial charge in [-0.05, 0) is 18.8 Å². The lowest BCUT2D eigenvalue weighted by molar-refractivity contribution is 0.280. The van der Waals surface area contributed by atoms with Crippen LogP contribution in [0, 0.1) is 5.92 Å². The molecule has 0 bridgehead atoms. The van der Waals surface area contributed by atoms with E-state index < -0.39 is 0 Å². The average Bonchev–Trinajstić information content (AvgIpc) is 2.69. The minimum absolute atomic E-state index is 0.728. The van der Waals surface area contributed by atoms with Crippen LogP contribution in [-0.4, -0.2) is 11.0 Å². The monoisotopic (exact) mass is 210 g/mol. The van der Waals surface area contributed by atoms with Gasteiger partial charge < -0.3 is 5.32 Å². The van der Waals surface area contributed by atoms with Crippen LogP contribution >= 0.6 is 11.3 Å². The van der Waals surface area contributed by atoms with Crippen LogP contribution in [-0.2, 0) is 6.54 Å². The predicted molar refractivity (Wildman–Crippen MR) is 60.4 cm³/mol. The van der Waals surface area contributed by atoms with Gasteiger partial charge in [-0.1, -0.05) is 19.8 Å². The third-order valence-corrected chi connectivity index (χ3v) is 3.91. The van der Waals surface area contributed by atoms with Crippen molar-refractivity contribution in [2.75, 3.05) is 0 Å². The Morgan fingerprint density at radius 3 is 3.07 bits per heavy atom. The molecule has 0 saturated heterocycles. The summed E-state index contributed by atoms with van der Waals surface area (Å²) >= 11 is 1.74. The Morgan fingerprint density at radius 2 is 2.36 bits per heavy atom. The van der Waals surface area contributed by atoms with Crippen LogP contribution in [0.2, 0.25) is 0 Å². The molecule has 0 amide bonds. The fraction of sp³-hybridized carbons (Fsp3) is 0.727. The molecule has 0 aliphatic heterocycles. The Morgan fingerprint density at radius 1 is 1.50 bits per heavy atom. The van der Waals surface area contributed by atoms with E-state index in [0.29, 0.717) is 0 Å². The van der Waals surface area contributed by atoms with Gasteiger partial charge >= 0.3 is 0 Å². The van der Waals surface area contributed by atoms with Crippen LogP contribution in [0.4, 0.5) is 0 Å². The lowest BCUT2D eigenvalue weighted by Gasteiger charge is -2.29. The number of aromatic nitrogens is 1. The van der Waals surface area contributed by atoms with Gasteiger partial charge in [0.2, 0.25) is 0 Å². The quantitative estimate of drug-likeness (QED) is 0.830. The second-order valence-electron chi connectivity index (χ2n) is 4.22. The van der Waals surface area contributed by atoms with Crippen molar-refractivity contribution in [2.45, 2.75) is 45.2 Å². The van der Waals surface area contributed by atoms with Crippen molar-refractivity contribution in [3.63, 3.8) is 0 Å². The Hall–Kier alpha value is -0.410. The highest BCUT2D eigenvalue weighted by molar-refractivity contribution is 7.09. The Kier molecular flexibility index (Phi) is 3.54. The van der Waals surface area contributed by atoms with Crippen LogP contribution in [0.1, 0.15) is 37.5 Å². The molecular weight excluding hydrogens is 192 g/mol. The molecule has 1 aliphatic rings. The van der Waals surface area contributed by atoms with Gasteiger partial charge in [0.1, 0.15) is 0 Å². The molecule has 1 heterocycles. The number of hydrogen-bond acceptors (Lipinski definition) is 3. The number of nitrogens with zero attached hydrogens (tertiary/aromatic N) is 1. The zero-order valence-corrected chi connectivity index (χ0v) is 9.52. The van der Waals surface area contributed by atoms with E-state index in [9.17, 15) is 0 Å². The summed E-state index contributed by atoms with van der Waals surface area (Å²) in [6.45, 7) is 3.36. The number of nitrogens with one attached hydrogen (secondary N) is 1. The number of hydrogen-bond donors (Lipinski definition) is 1. The van der Waals surface area contributed by atoms with E-state index in [4.69, 9.17) is 0 Å². The van der Waals surface area contributed by atoms with Crippen molar-refractivity contribution in [3.8, 4) is 0 Å². The van der Waals surface area contributed by atoms with Crippen LogP contribution < -0.4 is 5.32 Å². The average molecular weight is 210 g/mol. The molecule has 2 atom stereocenters. The van der Waals surface area contributed by atoms with Crippen LogP contribution in [0.25, 0.3) is 0 Å². The molecule has 78 valence electrons. The zero-order chi connectivity index (χ0) is 9.80. The van der Waals surface area contributed by atoms with Gasteiger partial charge in [-0.15, -0.1) is 11.3 Å². The van der Waals surface area contributed by atoms with Gasteiger partial charge in [-0.2, -0.15) is 0 Å². The molecule has 1 aromatic heterocycles. The normalized spacial score (nSPS) is 27.8. The van der Waals surface area contributed by atoms with E-state index in [-0.39, 0.29) is 0 Å². The van der Waals surface area contributed by atoms with Gasteiger partial charge in [-0.25, -0.2) is 0 Å². The molecule has 3 heteroatoms. The number of rotatable bonds is 3. The maximum atomic E-state index is 4.08. The molecule has 0 radical (unpaired) electrons. The van der Waals surface area contributed by atoms with Crippen molar-refractivity contribution in [1.29, 1.82) is 0 Å². The van der Waals surface area contributed by atoms with Crippen molar-refractivity contribution in [1.82, 2.24) is 10.3 Å². The van der Waals surface area contributed by atoms with Gasteiger partial charge in [0.25, 0.3) is 0 Å². The van der Waals surface area contributed by atoms with E-state index in [1.165, 1.54) is 30.6 Å². The molecule has 1 saturated carbocycles. The molecule has 0 unspecified atom stereocenters. The topological polar surface area (TPSA) is 24.9 Å². The molecule has 14 heavy (non-hydrogen) atoms. The standard InChI is InChI=1S/C11H18N2S/c1-9-4-2-3-5-11(9)13-7-10-6-12-8-14-10/h6,8-9,11,13H,2-5,7H2,1H3/t9-,11+/m0/s1. The summed E-state index contributed by atoms with van der Waals surface area (Å²) in [6, 6.07) is 0.728. The summed E-state index contributed by atoms with van der Waals surface area (Å²) in [4.78, 5) is 5.43. The van der Waals surface area contributed by atoms with Crippen LogP contribution in [0.3, 0.4) is 0 Å². The van der Waals surface area contributed by atoms with E-state index in [1.54, 1.807) is 11.3 Å². The summed E-state index contributed by atoms with van der Waals surface area (Å²) in [5, 5.41) is 3.64. The largest absolute Gasteiger partial charge is 0.309 e. The Bertz CT molecular complexity index is 258. The second kappa shape index (κ2) is 4.89.